The minimum atomic E-state index is -0.714. The molecule has 4 rings (SSSR count). The van der Waals surface area contributed by atoms with Crippen LogP contribution in [0, 0.1) is 12.7 Å². The summed E-state index contributed by atoms with van der Waals surface area (Å²) in [5.74, 6) is 1.26. The van der Waals surface area contributed by atoms with Gasteiger partial charge in [0.05, 0.1) is 14.2 Å². The molecular weight excluding hydrogens is 385 g/mol. The SMILES string of the molecule is COc1ccc([C@H]2[C@H](Oc3ccccc3C)C(=O)N2c2ccc(F)cc2)cc1OC. The van der Waals surface area contributed by atoms with E-state index in [1.807, 2.05) is 43.3 Å². The zero-order valence-corrected chi connectivity index (χ0v) is 17.0. The molecule has 154 valence electrons. The van der Waals surface area contributed by atoms with Crippen LogP contribution in [0.1, 0.15) is 17.2 Å². The number of rotatable bonds is 6. The standard InChI is InChI=1S/C24H22FNO4/c1-15-6-4-5-7-19(15)30-23-22(16-8-13-20(28-2)21(14-16)29-3)26(24(23)27)18-11-9-17(25)10-12-18/h4-14,22-23H,1-3H3/t22-,23-/m0/s1. The molecule has 0 saturated carbocycles. The number of carbonyl (C=O) groups is 1. The van der Waals surface area contributed by atoms with E-state index in [1.165, 1.54) is 12.1 Å². The van der Waals surface area contributed by atoms with Crippen molar-refractivity contribution < 1.29 is 23.4 Å². The van der Waals surface area contributed by atoms with E-state index in [4.69, 9.17) is 14.2 Å². The Balaban J connectivity index is 1.74. The highest BCUT2D eigenvalue weighted by molar-refractivity contribution is 6.05. The molecule has 1 fully saturated rings. The first kappa shape index (κ1) is 19.8. The Morgan fingerprint density at radius 1 is 0.867 bits per heavy atom. The molecule has 0 bridgehead atoms. The number of methoxy groups -OCH3 is 2. The van der Waals surface area contributed by atoms with Crippen LogP contribution in [0.3, 0.4) is 0 Å². The number of aryl methyl sites for hydroxylation is 1. The summed E-state index contributed by atoms with van der Waals surface area (Å²) in [4.78, 5) is 14.7. The van der Waals surface area contributed by atoms with Gasteiger partial charge in [0.1, 0.15) is 17.6 Å². The van der Waals surface area contributed by atoms with Gasteiger partial charge in [0.2, 0.25) is 6.10 Å². The summed E-state index contributed by atoms with van der Waals surface area (Å²) in [6, 6.07) is 18.5. The molecule has 0 radical (unpaired) electrons. The summed E-state index contributed by atoms with van der Waals surface area (Å²) >= 11 is 0. The molecule has 5 nitrogen and oxygen atoms in total. The van der Waals surface area contributed by atoms with Crippen molar-refractivity contribution in [2.75, 3.05) is 19.1 Å². The Hall–Kier alpha value is -3.54. The van der Waals surface area contributed by atoms with E-state index >= 15 is 0 Å². The molecule has 1 aliphatic heterocycles. The number of halogens is 1. The second-order valence-corrected chi connectivity index (χ2v) is 7.05. The molecule has 30 heavy (non-hydrogen) atoms. The van der Waals surface area contributed by atoms with Crippen molar-refractivity contribution >= 4 is 11.6 Å². The van der Waals surface area contributed by atoms with Crippen LogP contribution in [0.15, 0.2) is 66.7 Å². The third-order valence-corrected chi connectivity index (χ3v) is 5.25. The summed E-state index contributed by atoms with van der Waals surface area (Å²) in [7, 11) is 3.13. The van der Waals surface area contributed by atoms with Gasteiger partial charge in [-0.15, -0.1) is 0 Å². The summed E-state index contributed by atoms with van der Waals surface area (Å²) < 4.78 is 30.3. The van der Waals surface area contributed by atoms with Crippen LogP contribution in [-0.2, 0) is 4.79 Å². The zero-order valence-electron chi connectivity index (χ0n) is 17.0. The Labute approximate surface area is 174 Å². The average molecular weight is 407 g/mol. The number of benzene rings is 3. The maximum Gasteiger partial charge on any atom is 0.271 e. The fourth-order valence-corrected chi connectivity index (χ4v) is 3.65. The zero-order chi connectivity index (χ0) is 21.3. The molecule has 1 amide bonds. The minimum Gasteiger partial charge on any atom is -0.493 e. The van der Waals surface area contributed by atoms with E-state index in [2.05, 4.69) is 0 Å². The van der Waals surface area contributed by atoms with Crippen molar-refractivity contribution in [3.8, 4) is 17.2 Å². The normalized spacial score (nSPS) is 18.0. The van der Waals surface area contributed by atoms with Gasteiger partial charge in [-0.05, 0) is 60.5 Å². The first-order valence-corrected chi connectivity index (χ1v) is 9.56. The fourth-order valence-electron chi connectivity index (χ4n) is 3.65. The molecule has 3 aromatic rings. The van der Waals surface area contributed by atoms with Gasteiger partial charge < -0.3 is 14.2 Å². The highest BCUT2D eigenvalue weighted by Gasteiger charge is 2.51. The Kier molecular flexibility index (Phi) is 5.31. The summed E-state index contributed by atoms with van der Waals surface area (Å²) in [5.41, 5.74) is 2.37. The van der Waals surface area contributed by atoms with Crippen molar-refractivity contribution in [1.29, 1.82) is 0 Å². The second kappa shape index (κ2) is 8.06. The fraction of sp³-hybridized carbons (Fsp3) is 0.208. The van der Waals surface area contributed by atoms with Gasteiger partial charge in [-0.25, -0.2) is 4.39 Å². The van der Waals surface area contributed by atoms with Gasteiger partial charge in [0, 0.05) is 5.69 Å². The number of nitrogens with zero attached hydrogens (tertiary/aromatic N) is 1. The van der Waals surface area contributed by atoms with Crippen molar-refractivity contribution in [3.63, 3.8) is 0 Å². The van der Waals surface area contributed by atoms with Crippen LogP contribution in [0.2, 0.25) is 0 Å². The van der Waals surface area contributed by atoms with Crippen LogP contribution in [0.5, 0.6) is 17.2 Å². The van der Waals surface area contributed by atoms with Crippen molar-refractivity contribution in [1.82, 2.24) is 0 Å². The van der Waals surface area contributed by atoms with Crippen LogP contribution in [0.4, 0.5) is 10.1 Å². The van der Waals surface area contributed by atoms with E-state index in [0.717, 1.165) is 11.1 Å². The lowest BCUT2D eigenvalue weighted by Crippen LogP contribution is -2.61. The molecule has 1 aliphatic rings. The maximum atomic E-state index is 13.4. The third kappa shape index (κ3) is 3.45. The number of hydrogen-bond donors (Lipinski definition) is 0. The van der Waals surface area contributed by atoms with E-state index < -0.39 is 12.1 Å². The molecule has 6 heteroatoms. The number of carbonyl (C=O) groups excluding carboxylic acids is 1. The van der Waals surface area contributed by atoms with Crippen LogP contribution in [0.25, 0.3) is 0 Å². The maximum absolute atomic E-state index is 13.4. The molecule has 2 atom stereocenters. The lowest BCUT2D eigenvalue weighted by atomic mass is 9.89. The van der Waals surface area contributed by atoms with Crippen molar-refractivity contribution in [2.24, 2.45) is 0 Å². The lowest BCUT2D eigenvalue weighted by Gasteiger charge is -2.46. The van der Waals surface area contributed by atoms with E-state index in [-0.39, 0.29) is 11.7 Å². The topological polar surface area (TPSA) is 48.0 Å². The Morgan fingerprint density at radius 2 is 1.57 bits per heavy atom. The molecule has 0 unspecified atom stereocenters. The number of hydrogen-bond acceptors (Lipinski definition) is 4. The Morgan fingerprint density at radius 3 is 2.23 bits per heavy atom. The quantitative estimate of drug-likeness (QED) is 0.557. The molecule has 0 spiro atoms. The van der Waals surface area contributed by atoms with Gasteiger partial charge in [-0.3, -0.25) is 9.69 Å². The first-order valence-electron chi connectivity index (χ1n) is 9.56. The highest BCUT2D eigenvalue weighted by Crippen LogP contribution is 2.43. The predicted molar refractivity (Wildman–Crippen MR) is 112 cm³/mol. The number of amides is 1. The second-order valence-electron chi connectivity index (χ2n) is 7.05. The van der Waals surface area contributed by atoms with Crippen LogP contribution >= 0.6 is 0 Å². The van der Waals surface area contributed by atoms with Gasteiger partial charge in [-0.1, -0.05) is 24.3 Å². The lowest BCUT2D eigenvalue weighted by molar-refractivity contribution is -0.135. The molecule has 1 heterocycles. The largest absolute Gasteiger partial charge is 0.493 e. The minimum absolute atomic E-state index is 0.190. The van der Waals surface area contributed by atoms with Crippen LogP contribution in [-0.4, -0.2) is 26.2 Å². The molecular formula is C24H22FNO4. The molecule has 1 saturated heterocycles. The summed E-state index contributed by atoms with van der Waals surface area (Å²) in [6.45, 7) is 1.93. The van der Waals surface area contributed by atoms with Crippen molar-refractivity contribution in [3.05, 3.63) is 83.7 Å². The average Bonchev–Trinajstić information content (AvgIpc) is 2.77. The van der Waals surface area contributed by atoms with Gasteiger partial charge in [0.25, 0.3) is 5.91 Å². The van der Waals surface area contributed by atoms with Gasteiger partial charge >= 0.3 is 0 Å². The highest BCUT2D eigenvalue weighted by atomic mass is 19.1. The van der Waals surface area contributed by atoms with Crippen molar-refractivity contribution in [2.45, 2.75) is 19.1 Å². The summed E-state index contributed by atoms with van der Waals surface area (Å²) in [6.07, 6.45) is -0.714. The Bertz CT molecular complexity index is 1070. The van der Waals surface area contributed by atoms with E-state index in [9.17, 15) is 9.18 Å². The van der Waals surface area contributed by atoms with Gasteiger partial charge in [-0.2, -0.15) is 0 Å². The third-order valence-electron chi connectivity index (χ3n) is 5.25. The number of para-hydroxylation sites is 1. The number of ether oxygens (including phenoxy) is 3. The summed E-state index contributed by atoms with van der Waals surface area (Å²) in [5, 5.41) is 0. The number of anilines is 1. The van der Waals surface area contributed by atoms with Gasteiger partial charge in [0.15, 0.2) is 11.5 Å². The molecule has 0 aliphatic carbocycles. The van der Waals surface area contributed by atoms with E-state index in [1.54, 1.807) is 37.3 Å². The molecule has 0 aromatic heterocycles. The monoisotopic (exact) mass is 407 g/mol. The molecule has 0 N–H and O–H groups in total. The molecule has 3 aromatic carbocycles. The first-order chi connectivity index (χ1) is 14.5. The predicted octanol–water partition coefficient (Wildman–Crippen LogP) is 4.69. The van der Waals surface area contributed by atoms with E-state index in [0.29, 0.717) is 22.9 Å². The number of β-lactam (4-membered cyclic amide) rings is 1. The smallest absolute Gasteiger partial charge is 0.271 e. The van der Waals surface area contributed by atoms with Crippen LogP contribution < -0.4 is 19.1 Å².